The number of methoxy groups -OCH3 is 1. The molecule has 0 unspecified atom stereocenters. The van der Waals surface area contributed by atoms with Gasteiger partial charge >= 0.3 is 0 Å². The maximum atomic E-state index is 13.8. The minimum absolute atomic E-state index is 0.0187. The van der Waals surface area contributed by atoms with E-state index >= 15 is 0 Å². The number of thiocarbonyl (C=S) groups is 1. The van der Waals surface area contributed by atoms with Crippen molar-refractivity contribution < 1.29 is 19.1 Å². The lowest BCUT2D eigenvalue weighted by molar-refractivity contribution is -0.120. The van der Waals surface area contributed by atoms with E-state index in [0.29, 0.717) is 35.0 Å². The molecule has 1 saturated heterocycles. The Morgan fingerprint density at radius 1 is 0.725 bits per heavy atom. The highest BCUT2D eigenvalue weighted by molar-refractivity contribution is 7.81. The summed E-state index contributed by atoms with van der Waals surface area (Å²) in [7, 11) is 1.55. The van der Waals surface area contributed by atoms with Gasteiger partial charge in [-0.2, -0.15) is 0 Å². The lowest BCUT2D eigenvalue weighted by atomic mass is 10.0. The smallest absolute Gasteiger partial charge is 0.270 e. The monoisotopic (exact) mass is 548 g/mol. The molecule has 0 saturated carbocycles. The molecule has 1 aliphatic heterocycles. The van der Waals surface area contributed by atoms with Crippen molar-refractivity contribution in [1.82, 2.24) is 0 Å². The zero-order valence-corrected chi connectivity index (χ0v) is 23.3. The molecule has 200 valence electrons. The van der Waals surface area contributed by atoms with Gasteiger partial charge in [-0.25, -0.2) is 0 Å². The molecular formula is C33H28N2O4S. The van der Waals surface area contributed by atoms with Crippen molar-refractivity contribution in [2.45, 2.75) is 20.5 Å². The maximum Gasteiger partial charge on any atom is 0.270 e. The van der Waals surface area contributed by atoms with Gasteiger partial charge in [0.25, 0.3) is 11.8 Å². The summed E-state index contributed by atoms with van der Waals surface area (Å²) in [6, 6.07) is 30.0. The lowest BCUT2D eigenvalue weighted by Crippen LogP contribution is -2.56. The van der Waals surface area contributed by atoms with Crippen molar-refractivity contribution in [3.8, 4) is 11.5 Å². The van der Waals surface area contributed by atoms with Crippen LogP contribution in [0.4, 0.5) is 11.4 Å². The van der Waals surface area contributed by atoms with Crippen LogP contribution in [-0.2, 0) is 16.2 Å². The number of carbonyl (C=O) groups excluding carboxylic acids is 2. The number of ether oxygens (including phenoxy) is 2. The minimum Gasteiger partial charge on any atom is -0.493 e. The standard InChI is InChI=1S/C33H28N2O4S/c1-22-9-14-26(15-10-22)34-31(36)28(32(37)35(33(34)40)27-16-11-23(2)12-17-27)19-25-13-18-29(30(20-25)38-3)39-21-24-7-5-4-6-8-24/h4-20H,21H2,1-3H3. The van der Waals surface area contributed by atoms with Gasteiger partial charge in [0.05, 0.1) is 18.5 Å². The number of hydrogen-bond donors (Lipinski definition) is 0. The predicted molar refractivity (Wildman–Crippen MR) is 162 cm³/mol. The topological polar surface area (TPSA) is 59.1 Å². The van der Waals surface area contributed by atoms with E-state index in [4.69, 9.17) is 21.7 Å². The van der Waals surface area contributed by atoms with Crippen LogP contribution in [0.2, 0.25) is 0 Å². The first-order valence-corrected chi connectivity index (χ1v) is 13.2. The number of hydrogen-bond acceptors (Lipinski definition) is 5. The van der Waals surface area contributed by atoms with Crippen LogP contribution < -0.4 is 19.3 Å². The number of carbonyl (C=O) groups is 2. The van der Waals surface area contributed by atoms with E-state index in [1.54, 1.807) is 31.4 Å². The van der Waals surface area contributed by atoms with Crippen LogP contribution in [0.25, 0.3) is 6.08 Å². The van der Waals surface area contributed by atoms with Gasteiger partial charge in [0.15, 0.2) is 16.6 Å². The molecule has 5 rings (SSSR count). The Kier molecular flexibility index (Phi) is 7.75. The Balaban J connectivity index is 1.53. The Hall–Kier alpha value is -4.75. The third-order valence-electron chi connectivity index (χ3n) is 6.57. The minimum atomic E-state index is -0.495. The van der Waals surface area contributed by atoms with Crippen molar-refractivity contribution in [3.05, 3.63) is 125 Å². The fourth-order valence-corrected chi connectivity index (χ4v) is 4.74. The molecule has 40 heavy (non-hydrogen) atoms. The van der Waals surface area contributed by atoms with E-state index in [1.165, 1.54) is 9.80 Å². The van der Waals surface area contributed by atoms with Gasteiger partial charge in [-0.3, -0.25) is 19.4 Å². The highest BCUT2D eigenvalue weighted by Gasteiger charge is 2.41. The quantitative estimate of drug-likeness (QED) is 0.147. The van der Waals surface area contributed by atoms with Crippen LogP contribution in [-0.4, -0.2) is 24.0 Å². The van der Waals surface area contributed by atoms with E-state index in [1.807, 2.05) is 92.7 Å². The first-order chi connectivity index (χ1) is 19.4. The fraction of sp³-hybridized carbons (Fsp3) is 0.121. The second-order valence-corrected chi connectivity index (χ2v) is 9.84. The molecule has 0 aromatic heterocycles. The normalized spacial score (nSPS) is 13.5. The fourth-order valence-electron chi connectivity index (χ4n) is 4.37. The lowest BCUT2D eigenvalue weighted by Gasteiger charge is -2.36. The number of rotatable bonds is 7. The molecule has 0 bridgehead atoms. The van der Waals surface area contributed by atoms with Crippen LogP contribution in [0.15, 0.2) is 103 Å². The number of benzene rings is 4. The number of anilines is 2. The SMILES string of the molecule is COc1cc(C=C2C(=O)N(c3ccc(C)cc3)C(=S)N(c3ccc(C)cc3)C2=O)ccc1OCc1ccccc1. The van der Waals surface area contributed by atoms with Gasteiger partial charge in [-0.1, -0.05) is 71.8 Å². The Morgan fingerprint density at radius 3 is 1.80 bits per heavy atom. The molecule has 7 heteroatoms. The summed E-state index contributed by atoms with van der Waals surface area (Å²) in [5.74, 6) is 0.0528. The number of aryl methyl sites for hydroxylation is 2. The van der Waals surface area contributed by atoms with Crippen LogP contribution in [0.3, 0.4) is 0 Å². The Labute approximate surface area is 239 Å². The first-order valence-electron chi connectivity index (χ1n) is 12.8. The van der Waals surface area contributed by atoms with Gasteiger partial charge in [0.1, 0.15) is 12.2 Å². The summed E-state index contributed by atoms with van der Waals surface area (Å²) >= 11 is 5.72. The molecule has 4 aromatic rings. The zero-order chi connectivity index (χ0) is 28.2. The van der Waals surface area contributed by atoms with Crippen LogP contribution >= 0.6 is 12.2 Å². The summed E-state index contributed by atoms with van der Waals surface area (Å²) < 4.78 is 11.5. The van der Waals surface area contributed by atoms with Crippen molar-refractivity contribution in [1.29, 1.82) is 0 Å². The van der Waals surface area contributed by atoms with Crippen LogP contribution in [0.5, 0.6) is 11.5 Å². The molecule has 0 N–H and O–H groups in total. The molecule has 6 nitrogen and oxygen atoms in total. The Bertz CT molecular complexity index is 1530. The predicted octanol–water partition coefficient (Wildman–Crippen LogP) is 6.64. The molecule has 0 aliphatic carbocycles. The van der Waals surface area contributed by atoms with E-state index in [2.05, 4.69) is 0 Å². The Morgan fingerprint density at radius 2 is 1.27 bits per heavy atom. The van der Waals surface area contributed by atoms with Crippen molar-refractivity contribution in [2.24, 2.45) is 0 Å². The summed E-state index contributed by atoms with van der Waals surface area (Å²) in [4.78, 5) is 30.4. The maximum absolute atomic E-state index is 13.8. The second-order valence-electron chi connectivity index (χ2n) is 9.48. The molecule has 0 atom stereocenters. The highest BCUT2D eigenvalue weighted by Crippen LogP contribution is 2.33. The van der Waals surface area contributed by atoms with Gasteiger partial charge in [0, 0.05) is 0 Å². The molecule has 1 aliphatic rings. The summed E-state index contributed by atoms with van der Waals surface area (Å²) in [6.45, 7) is 4.31. The highest BCUT2D eigenvalue weighted by atomic mass is 32.1. The molecule has 2 amide bonds. The first kappa shape index (κ1) is 26.8. The van der Waals surface area contributed by atoms with E-state index < -0.39 is 11.8 Å². The molecule has 1 heterocycles. The molecule has 4 aromatic carbocycles. The van der Waals surface area contributed by atoms with Crippen LogP contribution in [0.1, 0.15) is 22.3 Å². The van der Waals surface area contributed by atoms with E-state index in [0.717, 1.165) is 16.7 Å². The van der Waals surface area contributed by atoms with Crippen LogP contribution in [0, 0.1) is 13.8 Å². The number of amides is 2. The molecule has 1 fully saturated rings. The summed E-state index contributed by atoms with van der Waals surface area (Å²) in [5.41, 5.74) is 4.87. The average molecular weight is 549 g/mol. The molecule has 0 radical (unpaired) electrons. The van der Waals surface area contributed by atoms with E-state index in [9.17, 15) is 9.59 Å². The summed E-state index contributed by atoms with van der Waals surface area (Å²) in [5, 5.41) is 0.0992. The summed E-state index contributed by atoms with van der Waals surface area (Å²) in [6.07, 6.45) is 1.57. The van der Waals surface area contributed by atoms with Gasteiger partial charge in [-0.05, 0) is 79.7 Å². The van der Waals surface area contributed by atoms with Crippen molar-refractivity contribution in [3.63, 3.8) is 0 Å². The van der Waals surface area contributed by atoms with E-state index in [-0.39, 0.29) is 10.7 Å². The largest absolute Gasteiger partial charge is 0.493 e. The molecular weight excluding hydrogens is 520 g/mol. The van der Waals surface area contributed by atoms with Gasteiger partial charge in [-0.15, -0.1) is 0 Å². The third kappa shape index (κ3) is 5.51. The molecule has 0 spiro atoms. The number of nitrogens with zero attached hydrogens (tertiary/aromatic N) is 2. The zero-order valence-electron chi connectivity index (χ0n) is 22.5. The average Bonchev–Trinajstić information content (AvgIpc) is 2.97. The van der Waals surface area contributed by atoms with Crippen molar-refractivity contribution in [2.75, 3.05) is 16.9 Å². The third-order valence-corrected chi connectivity index (χ3v) is 6.93. The second kappa shape index (κ2) is 11.6. The van der Waals surface area contributed by atoms with Gasteiger partial charge in [0.2, 0.25) is 0 Å². The van der Waals surface area contributed by atoms with Gasteiger partial charge < -0.3 is 9.47 Å². The van der Waals surface area contributed by atoms with Crippen molar-refractivity contribution >= 4 is 46.6 Å².